The molecule has 1 aromatic carbocycles. The van der Waals surface area contributed by atoms with Crippen molar-refractivity contribution in [3.63, 3.8) is 0 Å². The predicted molar refractivity (Wildman–Crippen MR) is 115 cm³/mol. The summed E-state index contributed by atoms with van der Waals surface area (Å²) in [6.45, 7) is 8.66. The lowest BCUT2D eigenvalue weighted by Crippen LogP contribution is -2.48. The standard InChI is InChI=1S/C23H32N2O6/c1-15(26)19-12-21-20(29-14-30-21)11-16(19)10-18(27)13-24(5)17-6-8-25(9-7-17)22(28)31-23(2,3)4/h11-12,17H,6-10,13-14H2,1-5H3. The molecular formula is C23H32N2O6. The molecule has 0 unspecified atom stereocenters. The molecule has 1 fully saturated rings. The number of benzene rings is 1. The van der Waals surface area contributed by atoms with E-state index in [1.54, 1.807) is 17.0 Å². The third-order valence-electron chi connectivity index (χ3n) is 5.53. The largest absolute Gasteiger partial charge is 0.454 e. The van der Waals surface area contributed by atoms with E-state index < -0.39 is 5.60 Å². The number of Topliss-reactive ketones (excluding diaryl/α,β-unsaturated/α-hetero) is 2. The molecule has 2 aliphatic rings. The molecule has 2 aliphatic heterocycles. The molecule has 0 aromatic heterocycles. The van der Waals surface area contributed by atoms with E-state index in [0.717, 1.165) is 12.8 Å². The zero-order valence-corrected chi connectivity index (χ0v) is 19.0. The molecule has 0 saturated carbocycles. The van der Waals surface area contributed by atoms with Gasteiger partial charge in [-0.2, -0.15) is 0 Å². The topological polar surface area (TPSA) is 85.4 Å². The smallest absolute Gasteiger partial charge is 0.410 e. The number of ether oxygens (including phenoxy) is 3. The van der Waals surface area contributed by atoms with Crippen LogP contribution in [0, 0.1) is 0 Å². The van der Waals surface area contributed by atoms with E-state index >= 15 is 0 Å². The first-order chi connectivity index (χ1) is 14.5. The molecular weight excluding hydrogens is 400 g/mol. The number of amides is 1. The summed E-state index contributed by atoms with van der Waals surface area (Å²) >= 11 is 0. The maximum Gasteiger partial charge on any atom is 0.410 e. The number of hydrogen-bond donors (Lipinski definition) is 0. The van der Waals surface area contributed by atoms with Crippen molar-refractivity contribution in [2.24, 2.45) is 0 Å². The summed E-state index contributed by atoms with van der Waals surface area (Å²) in [7, 11) is 1.93. The van der Waals surface area contributed by atoms with Crippen LogP contribution in [0.5, 0.6) is 11.5 Å². The third-order valence-corrected chi connectivity index (χ3v) is 5.53. The number of piperidine rings is 1. The number of likely N-dealkylation sites (tertiary alicyclic amines) is 1. The highest BCUT2D eigenvalue weighted by Gasteiger charge is 2.29. The van der Waals surface area contributed by atoms with Crippen LogP contribution in [0.3, 0.4) is 0 Å². The first-order valence-electron chi connectivity index (χ1n) is 10.7. The van der Waals surface area contributed by atoms with Crippen molar-refractivity contribution in [2.45, 2.75) is 58.6 Å². The van der Waals surface area contributed by atoms with E-state index in [2.05, 4.69) is 0 Å². The van der Waals surface area contributed by atoms with E-state index in [9.17, 15) is 14.4 Å². The minimum absolute atomic E-state index is 0.0263. The van der Waals surface area contributed by atoms with Crippen LogP contribution in [0.4, 0.5) is 4.79 Å². The predicted octanol–water partition coefficient (Wildman–Crippen LogP) is 3.06. The van der Waals surface area contributed by atoms with Crippen LogP contribution >= 0.6 is 0 Å². The minimum atomic E-state index is -0.509. The molecule has 1 amide bonds. The van der Waals surface area contributed by atoms with E-state index in [-0.39, 0.29) is 43.5 Å². The van der Waals surface area contributed by atoms with Gasteiger partial charge in [-0.05, 0) is 65.3 Å². The fourth-order valence-corrected chi connectivity index (χ4v) is 3.95. The summed E-state index contributed by atoms with van der Waals surface area (Å²) in [6.07, 6.45) is 1.44. The molecule has 8 heteroatoms. The highest BCUT2D eigenvalue weighted by Crippen LogP contribution is 2.35. The number of hydrogen-bond acceptors (Lipinski definition) is 7. The number of ketones is 2. The second kappa shape index (κ2) is 9.26. The average Bonchev–Trinajstić information content (AvgIpc) is 3.13. The molecule has 0 aliphatic carbocycles. The number of fused-ring (bicyclic) bond motifs is 1. The highest BCUT2D eigenvalue weighted by molar-refractivity contribution is 5.98. The van der Waals surface area contributed by atoms with Crippen molar-refractivity contribution < 1.29 is 28.6 Å². The summed E-state index contributed by atoms with van der Waals surface area (Å²) in [5.74, 6) is 1.02. The van der Waals surface area contributed by atoms with Gasteiger partial charge in [0.25, 0.3) is 0 Å². The third kappa shape index (κ3) is 5.97. The van der Waals surface area contributed by atoms with Crippen molar-refractivity contribution in [3.05, 3.63) is 23.3 Å². The fourth-order valence-electron chi connectivity index (χ4n) is 3.95. The molecule has 3 rings (SSSR count). The molecule has 0 bridgehead atoms. The number of carbonyl (C=O) groups excluding carboxylic acids is 3. The van der Waals surface area contributed by atoms with E-state index in [0.29, 0.717) is 35.7 Å². The second-order valence-electron chi connectivity index (χ2n) is 9.25. The first kappa shape index (κ1) is 23.1. The minimum Gasteiger partial charge on any atom is -0.454 e. The summed E-state index contributed by atoms with van der Waals surface area (Å²) < 4.78 is 16.2. The maximum atomic E-state index is 12.8. The van der Waals surface area contributed by atoms with Gasteiger partial charge in [-0.15, -0.1) is 0 Å². The summed E-state index contributed by atoms with van der Waals surface area (Å²) in [5.41, 5.74) is 0.644. The van der Waals surface area contributed by atoms with Crippen LogP contribution < -0.4 is 9.47 Å². The van der Waals surface area contributed by atoms with Gasteiger partial charge in [0.05, 0.1) is 6.54 Å². The second-order valence-corrected chi connectivity index (χ2v) is 9.25. The summed E-state index contributed by atoms with van der Waals surface area (Å²) in [5, 5.41) is 0. The van der Waals surface area contributed by atoms with Gasteiger partial charge in [0, 0.05) is 31.1 Å². The van der Waals surface area contributed by atoms with Crippen molar-refractivity contribution in [1.82, 2.24) is 9.80 Å². The molecule has 1 saturated heterocycles. The van der Waals surface area contributed by atoms with Gasteiger partial charge in [0.15, 0.2) is 23.1 Å². The lowest BCUT2D eigenvalue weighted by molar-refractivity contribution is -0.120. The Labute approximate surface area is 183 Å². The Morgan fingerprint density at radius 3 is 2.32 bits per heavy atom. The lowest BCUT2D eigenvalue weighted by atomic mass is 9.98. The molecule has 8 nitrogen and oxygen atoms in total. The Kier molecular flexibility index (Phi) is 6.89. The monoisotopic (exact) mass is 432 g/mol. The molecule has 170 valence electrons. The molecule has 0 spiro atoms. The van der Waals surface area contributed by atoms with Crippen LogP contribution in [0.2, 0.25) is 0 Å². The van der Waals surface area contributed by atoms with Crippen LogP contribution in [0.1, 0.15) is 56.5 Å². The van der Waals surface area contributed by atoms with Crippen LogP contribution in [-0.2, 0) is 16.0 Å². The van der Waals surface area contributed by atoms with Crippen molar-refractivity contribution in [2.75, 3.05) is 33.5 Å². The first-order valence-corrected chi connectivity index (χ1v) is 10.7. The quantitative estimate of drug-likeness (QED) is 0.639. The lowest BCUT2D eigenvalue weighted by Gasteiger charge is -2.37. The fraction of sp³-hybridized carbons (Fsp3) is 0.609. The molecule has 0 N–H and O–H groups in total. The Morgan fingerprint density at radius 2 is 1.74 bits per heavy atom. The van der Waals surface area contributed by atoms with Gasteiger partial charge in [0.2, 0.25) is 6.79 Å². The average molecular weight is 433 g/mol. The maximum absolute atomic E-state index is 12.8. The van der Waals surface area contributed by atoms with Crippen molar-refractivity contribution in [1.29, 1.82) is 0 Å². The summed E-state index contributed by atoms with van der Waals surface area (Å²) in [4.78, 5) is 40.8. The SMILES string of the molecule is CC(=O)c1cc2c(cc1CC(=O)CN(C)C1CCN(C(=O)OC(C)(C)C)CC1)OCO2. The zero-order valence-electron chi connectivity index (χ0n) is 19.0. The van der Waals surface area contributed by atoms with Gasteiger partial charge in [-0.25, -0.2) is 4.79 Å². The molecule has 1 aromatic rings. The van der Waals surface area contributed by atoms with Crippen LogP contribution in [-0.4, -0.2) is 72.6 Å². The number of rotatable bonds is 6. The Balaban J connectivity index is 1.54. The normalized spacial score (nSPS) is 16.5. The van der Waals surface area contributed by atoms with Crippen LogP contribution in [0.15, 0.2) is 12.1 Å². The van der Waals surface area contributed by atoms with E-state index in [1.165, 1.54) is 6.92 Å². The summed E-state index contributed by atoms with van der Waals surface area (Å²) in [6, 6.07) is 3.60. The van der Waals surface area contributed by atoms with Gasteiger partial charge in [-0.3, -0.25) is 14.5 Å². The molecule has 31 heavy (non-hydrogen) atoms. The van der Waals surface area contributed by atoms with E-state index in [1.807, 2.05) is 32.7 Å². The zero-order chi connectivity index (χ0) is 22.8. The molecule has 0 atom stereocenters. The Morgan fingerprint density at radius 1 is 1.13 bits per heavy atom. The van der Waals surface area contributed by atoms with Gasteiger partial charge in [0.1, 0.15) is 5.60 Å². The molecule has 2 heterocycles. The van der Waals surface area contributed by atoms with Gasteiger partial charge < -0.3 is 19.1 Å². The Bertz CT molecular complexity index is 852. The van der Waals surface area contributed by atoms with Crippen molar-refractivity contribution >= 4 is 17.7 Å². The van der Waals surface area contributed by atoms with E-state index in [4.69, 9.17) is 14.2 Å². The van der Waals surface area contributed by atoms with Gasteiger partial charge in [-0.1, -0.05) is 0 Å². The number of nitrogens with zero attached hydrogens (tertiary/aromatic N) is 2. The Hall–Kier alpha value is -2.61. The highest BCUT2D eigenvalue weighted by atomic mass is 16.7. The van der Waals surface area contributed by atoms with Crippen molar-refractivity contribution in [3.8, 4) is 11.5 Å². The molecule has 0 radical (unpaired) electrons. The number of carbonyl (C=O) groups is 3. The number of likely N-dealkylation sites (N-methyl/N-ethyl adjacent to an activating group) is 1. The van der Waals surface area contributed by atoms with Crippen LogP contribution in [0.25, 0.3) is 0 Å². The van der Waals surface area contributed by atoms with Gasteiger partial charge >= 0.3 is 6.09 Å².